The lowest BCUT2D eigenvalue weighted by Crippen LogP contribution is -2.30. The summed E-state index contributed by atoms with van der Waals surface area (Å²) < 4.78 is 20.0. The molecule has 3 heterocycles. The summed E-state index contributed by atoms with van der Waals surface area (Å²) in [7, 11) is 0. The van der Waals surface area contributed by atoms with Crippen LogP contribution in [0.3, 0.4) is 0 Å². The van der Waals surface area contributed by atoms with Crippen LogP contribution in [0, 0.1) is 5.82 Å². The van der Waals surface area contributed by atoms with Crippen LogP contribution in [0.25, 0.3) is 10.8 Å². The zero-order chi connectivity index (χ0) is 21.0. The maximum absolute atomic E-state index is 14.1. The predicted octanol–water partition coefficient (Wildman–Crippen LogP) is 5.77. The van der Waals surface area contributed by atoms with Gasteiger partial charge in [0.1, 0.15) is 23.8 Å². The van der Waals surface area contributed by atoms with Crippen molar-refractivity contribution in [3.63, 3.8) is 0 Å². The Labute approximate surface area is 184 Å². The van der Waals surface area contributed by atoms with Crippen molar-refractivity contribution in [2.24, 2.45) is 0 Å². The molecular weight excluding hydrogens is 411 g/mol. The molecule has 7 heteroatoms. The molecule has 0 saturated carbocycles. The van der Waals surface area contributed by atoms with Gasteiger partial charge in [0.2, 0.25) is 0 Å². The molecule has 2 aromatic heterocycles. The molecule has 0 bridgehead atoms. The molecule has 5 nitrogen and oxygen atoms in total. The summed E-state index contributed by atoms with van der Waals surface area (Å²) in [6.07, 6.45) is 3.55. The first-order chi connectivity index (χ1) is 15.3. The van der Waals surface area contributed by atoms with Gasteiger partial charge in [-0.2, -0.15) is 0 Å². The number of rotatable bonds is 6. The average molecular weight is 435 g/mol. The second kappa shape index (κ2) is 8.99. The lowest BCUT2D eigenvalue weighted by molar-refractivity contribution is 0.0119. The minimum absolute atomic E-state index is 0.137. The maximum atomic E-state index is 14.1. The molecule has 0 amide bonds. The molecule has 2 atom stereocenters. The van der Waals surface area contributed by atoms with E-state index in [0.717, 1.165) is 42.0 Å². The topological polar surface area (TPSA) is 59.1 Å². The van der Waals surface area contributed by atoms with E-state index in [4.69, 9.17) is 4.74 Å². The number of halogens is 1. The van der Waals surface area contributed by atoms with E-state index in [1.807, 2.05) is 30.3 Å². The Morgan fingerprint density at radius 2 is 1.90 bits per heavy atom. The molecule has 5 rings (SSSR count). The highest BCUT2D eigenvalue weighted by atomic mass is 32.1. The van der Waals surface area contributed by atoms with E-state index in [0.29, 0.717) is 18.0 Å². The Bertz CT molecular complexity index is 1170. The number of anilines is 2. The number of nitrogens with zero attached hydrogens (tertiary/aromatic N) is 2. The van der Waals surface area contributed by atoms with Crippen molar-refractivity contribution in [3.05, 3.63) is 82.6 Å². The largest absolute Gasteiger partial charge is 0.373 e. The summed E-state index contributed by atoms with van der Waals surface area (Å²) in [6, 6.07) is 17.3. The van der Waals surface area contributed by atoms with Crippen LogP contribution in [0.1, 0.15) is 29.4 Å². The van der Waals surface area contributed by atoms with Gasteiger partial charge in [0, 0.05) is 35.5 Å². The highest BCUT2D eigenvalue weighted by Crippen LogP contribution is 2.32. The van der Waals surface area contributed by atoms with Gasteiger partial charge in [-0.1, -0.05) is 36.4 Å². The number of aromatic nitrogens is 2. The number of benzene rings is 2. The van der Waals surface area contributed by atoms with Gasteiger partial charge < -0.3 is 15.4 Å². The zero-order valence-electron chi connectivity index (χ0n) is 16.9. The molecule has 0 aliphatic carbocycles. The van der Waals surface area contributed by atoms with E-state index in [-0.39, 0.29) is 11.9 Å². The molecular formula is C24H23FN4OS. The Balaban J connectivity index is 1.25. The van der Waals surface area contributed by atoms with Gasteiger partial charge in [-0.15, -0.1) is 11.3 Å². The fourth-order valence-corrected chi connectivity index (χ4v) is 4.79. The number of ether oxygens (including phenoxy) is 1. The summed E-state index contributed by atoms with van der Waals surface area (Å²) in [5.74, 6) is 1.32. The molecule has 0 radical (unpaired) electrons. The van der Waals surface area contributed by atoms with Crippen molar-refractivity contribution in [1.29, 1.82) is 0 Å². The molecule has 1 aliphatic rings. The van der Waals surface area contributed by atoms with Crippen molar-refractivity contribution in [3.8, 4) is 0 Å². The van der Waals surface area contributed by atoms with E-state index in [2.05, 4.69) is 38.1 Å². The van der Waals surface area contributed by atoms with Gasteiger partial charge in [0.05, 0.1) is 6.10 Å². The number of nitrogens with one attached hydrogen (secondary N) is 2. The van der Waals surface area contributed by atoms with Crippen LogP contribution < -0.4 is 10.6 Å². The van der Waals surface area contributed by atoms with Crippen molar-refractivity contribution >= 4 is 33.7 Å². The molecule has 2 N–H and O–H groups in total. The van der Waals surface area contributed by atoms with E-state index < -0.39 is 0 Å². The Morgan fingerprint density at radius 3 is 2.77 bits per heavy atom. The third-order valence-corrected chi connectivity index (χ3v) is 6.55. The molecule has 2 unspecified atom stereocenters. The SMILES string of the molecule is Fc1ccc(CNc2cc(NC3CCOC(c4cccs4)C3)ncn2)c2ccccc12. The predicted molar refractivity (Wildman–Crippen MR) is 123 cm³/mol. The normalized spacial score (nSPS) is 18.7. The molecule has 1 fully saturated rings. The van der Waals surface area contributed by atoms with Gasteiger partial charge in [0.25, 0.3) is 0 Å². The fourth-order valence-electron chi connectivity index (χ4n) is 4.01. The zero-order valence-corrected chi connectivity index (χ0v) is 17.7. The Morgan fingerprint density at radius 1 is 1.03 bits per heavy atom. The van der Waals surface area contributed by atoms with E-state index in [1.165, 1.54) is 10.9 Å². The first-order valence-corrected chi connectivity index (χ1v) is 11.3. The number of hydrogen-bond donors (Lipinski definition) is 2. The minimum Gasteiger partial charge on any atom is -0.373 e. The van der Waals surface area contributed by atoms with Crippen LogP contribution in [0.5, 0.6) is 0 Å². The number of thiophene rings is 1. The monoisotopic (exact) mass is 434 g/mol. The van der Waals surface area contributed by atoms with E-state index in [9.17, 15) is 4.39 Å². The van der Waals surface area contributed by atoms with E-state index >= 15 is 0 Å². The van der Waals surface area contributed by atoms with Crippen molar-refractivity contribution in [2.45, 2.75) is 31.5 Å². The van der Waals surface area contributed by atoms with Crippen molar-refractivity contribution < 1.29 is 9.13 Å². The quantitative estimate of drug-likeness (QED) is 0.403. The molecule has 2 aromatic carbocycles. The van der Waals surface area contributed by atoms with Crippen LogP contribution in [0.15, 0.2) is 66.3 Å². The Kier molecular flexibility index (Phi) is 5.78. The second-order valence-corrected chi connectivity index (χ2v) is 8.61. The standard InChI is InChI=1S/C24H23FN4OS/c25-20-8-7-16(18-4-1-2-5-19(18)20)14-26-23-13-24(28-15-27-23)29-17-9-10-30-21(12-17)22-6-3-11-31-22/h1-8,11,13,15,17,21H,9-10,12,14H2,(H2,26,27,28,29). The number of fused-ring (bicyclic) bond motifs is 1. The fraction of sp³-hybridized carbons (Fsp3) is 0.250. The van der Waals surface area contributed by atoms with Crippen LogP contribution in [-0.2, 0) is 11.3 Å². The van der Waals surface area contributed by atoms with Gasteiger partial charge in [-0.05, 0) is 41.3 Å². The molecule has 31 heavy (non-hydrogen) atoms. The van der Waals surface area contributed by atoms with Crippen LogP contribution in [-0.4, -0.2) is 22.6 Å². The average Bonchev–Trinajstić information content (AvgIpc) is 3.35. The summed E-state index contributed by atoms with van der Waals surface area (Å²) in [5.41, 5.74) is 1.02. The third kappa shape index (κ3) is 4.52. The lowest BCUT2D eigenvalue weighted by Gasteiger charge is -2.30. The number of hydrogen-bond acceptors (Lipinski definition) is 6. The van der Waals surface area contributed by atoms with Crippen molar-refractivity contribution in [1.82, 2.24) is 9.97 Å². The highest BCUT2D eigenvalue weighted by molar-refractivity contribution is 7.10. The summed E-state index contributed by atoms with van der Waals surface area (Å²) >= 11 is 1.73. The highest BCUT2D eigenvalue weighted by Gasteiger charge is 2.24. The van der Waals surface area contributed by atoms with Gasteiger partial charge in [0.15, 0.2) is 0 Å². The van der Waals surface area contributed by atoms with Gasteiger partial charge in [-0.25, -0.2) is 14.4 Å². The molecule has 1 aliphatic heterocycles. The first-order valence-electron chi connectivity index (χ1n) is 10.4. The van der Waals surface area contributed by atoms with Crippen LogP contribution in [0.4, 0.5) is 16.0 Å². The summed E-state index contributed by atoms with van der Waals surface area (Å²) in [5, 5.41) is 10.5. The lowest BCUT2D eigenvalue weighted by atomic mass is 10.0. The van der Waals surface area contributed by atoms with Gasteiger partial charge in [-0.3, -0.25) is 0 Å². The second-order valence-electron chi connectivity index (χ2n) is 7.63. The third-order valence-electron chi connectivity index (χ3n) is 5.58. The molecule has 4 aromatic rings. The van der Waals surface area contributed by atoms with Crippen LogP contribution in [0.2, 0.25) is 0 Å². The molecule has 158 valence electrons. The van der Waals surface area contributed by atoms with E-state index in [1.54, 1.807) is 23.7 Å². The van der Waals surface area contributed by atoms with Crippen molar-refractivity contribution in [2.75, 3.05) is 17.2 Å². The summed E-state index contributed by atoms with van der Waals surface area (Å²) in [6.45, 7) is 1.28. The maximum Gasteiger partial charge on any atom is 0.131 e. The van der Waals surface area contributed by atoms with Crippen LogP contribution >= 0.6 is 11.3 Å². The molecule has 1 saturated heterocycles. The first kappa shape index (κ1) is 19.9. The Hall–Kier alpha value is -3.03. The van der Waals surface area contributed by atoms with Gasteiger partial charge >= 0.3 is 0 Å². The minimum atomic E-state index is -0.204. The molecule has 0 spiro atoms. The smallest absolute Gasteiger partial charge is 0.131 e. The summed E-state index contributed by atoms with van der Waals surface area (Å²) in [4.78, 5) is 10.00.